The minimum absolute atomic E-state index is 0.0586. The van der Waals surface area contributed by atoms with Crippen molar-refractivity contribution >= 4 is 57.0 Å². The van der Waals surface area contributed by atoms with Crippen LogP contribution in [0, 0.1) is 10.1 Å². The molecule has 0 bridgehead atoms. The van der Waals surface area contributed by atoms with Gasteiger partial charge in [-0.1, -0.05) is 60.1 Å². The highest BCUT2D eigenvalue weighted by Crippen LogP contribution is 2.36. The number of fused-ring (bicyclic) bond motifs is 2. The molecule has 2 fully saturated rings. The number of likely N-dealkylation sites (tertiary alicyclic amines) is 2. The summed E-state index contributed by atoms with van der Waals surface area (Å²) in [5, 5.41) is 20.8. The first-order valence-corrected chi connectivity index (χ1v) is 21.6. The molecule has 8 rings (SSSR count). The van der Waals surface area contributed by atoms with Gasteiger partial charge in [0, 0.05) is 79.3 Å². The summed E-state index contributed by atoms with van der Waals surface area (Å²) >= 11 is 6.36. The molecule has 2 unspecified atom stereocenters. The lowest BCUT2D eigenvalue weighted by Gasteiger charge is -2.19. The van der Waals surface area contributed by atoms with Gasteiger partial charge in [0.25, 0.3) is 5.69 Å². The first-order chi connectivity index (χ1) is 29.9. The minimum Gasteiger partial charge on any atom is -0.443 e. The summed E-state index contributed by atoms with van der Waals surface area (Å²) in [5.74, 6) is 0.624. The van der Waals surface area contributed by atoms with E-state index in [1.165, 1.54) is 11.6 Å². The summed E-state index contributed by atoms with van der Waals surface area (Å²) in [6, 6.07) is 28.7. The number of carbonyl (C=O) groups is 2. The van der Waals surface area contributed by atoms with Crippen LogP contribution in [0.25, 0.3) is 21.8 Å². The fourth-order valence-electron chi connectivity index (χ4n) is 8.41. The van der Waals surface area contributed by atoms with Crippen LogP contribution in [0.3, 0.4) is 0 Å². The molecule has 2 atom stereocenters. The predicted octanol–water partition coefficient (Wildman–Crippen LogP) is 10.6. The van der Waals surface area contributed by atoms with Crippen LogP contribution in [0.5, 0.6) is 0 Å². The zero-order valence-electron chi connectivity index (χ0n) is 37.2. The normalized spacial score (nSPS) is 16.9. The first-order valence-electron chi connectivity index (χ1n) is 21.3. The summed E-state index contributed by atoms with van der Waals surface area (Å²) in [5.41, 5.74) is 11.8. The minimum atomic E-state index is -0.581. The number of rotatable bonds is 7. The highest BCUT2D eigenvalue weighted by Gasteiger charge is 2.29. The van der Waals surface area contributed by atoms with Gasteiger partial charge in [0.1, 0.15) is 11.2 Å². The van der Waals surface area contributed by atoms with Gasteiger partial charge in [-0.25, -0.2) is 9.59 Å². The van der Waals surface area contributed by atoms with Crippen molar-refractivity contribution in [2.24, 2.45) is 0 Å². The van der Waals surface area contributed by atoms with Crippen molar-refractivity contribution in [1.82, 2.24) is 18.9 Å². The Hall–Kier alpha value is -5.73. The Balaban J connectivity index is 0.000000203. The van der Waals surface area contributed by atoms with Gasteiger partial charge < -0.3 is 20.3 Å². The maximum Gasteiger partial charge on any atom is 0.419 e. The fraction of sp³-hybridized carbons (Fsp3) is 0.388. The summed E-state index contributed by atoms with van der Waals surface area (Å²) in [4.78, 5) is 41.0. The monoisotopic (exact) mass is 878 g/mol. The molecule has 334 valence electrons. The lowest BCUT2D eigenvalue weighted by atomic mass is 9.98. The number of nitrogen functional groups attached to an aromatic ring is 1. The maximum absolute atomic E-state index is 12.7. The Morgan fingerprint density at radius 3 is 1.71 bits per heavy atom. The Bertz CT molecular complexity index is 2570. The second-order valence-corrected chi connectivity index (χ2v) is 18.5. The van der Waals surface area contributed by atoms with Gasteiger partial charge in [0.05, 0.1) is 16.0 Å². The van der Waals surface area contributed by atoms with Crippen LogP contribution in [-0.2, 0) is 22.6 Å². The number of non-ortho nitro benzene ring substituents is 1. The molecule has 2 aliphatic rings. The molecule has 0 radical (unpaired) electrons. The van der Waals surface area contributed by atoms with E-state index in [0.29, 0.717) is 17.5 Å². The topological polar surface area (TPSA) is 158 Å². The van der Waals surface area contributed by atoms with E-state index in [0.717, 1.165) is 96.9 Å². The van der Waals surface area contributed by atoms with E-state index in [4.69, 9.17) is 31.9 Å². The number of benzene rings is 4. The highest BCUT2D eigenvalue weighted by atomic mass is 35.5. The van der Waals surface area contributed by atoms with Crippen LogP contribution < -0.4 is 5.73 Å². The van der Waals surface area contributed by atoms with Crippen molar-refractivity contribution in [2.45, 2.75) is 90.5 Å². The molecule has 63 heavy (non-hydrogen) atoms. The zero-order valence-corrected chi connectivity index (χ0v) is 38.0. The summed E-state index contributed by atoms with van der Waals surface area (Å²) in [6.07, 6.45) is 5.04. The number of nitrogens with two attached hydrogens (primary N) is 1. The van der Waals surface area contributed by atoms with Crippen molar-refractivity contribution in [1.29, 1.82) is 0 Å². The zero-order chi connectivity index (χ0) is 45.6. The Morgan fingerprint density at radius 2 is 1.22 bits per heavy atom. The van der Waals surface area contributed by atoms with Crippen molar-refractivity contribution in [3.8, 4) is 0 Å². The molecule has 4 heterocycles. The number of ether oxygens (including phenoxy) is 2. The van der Waals surface area contributed by atoms with Crippen LogP contribution in [0.15, 0.2) is 103 Å². The average molecular weight is 879 g/mol. The molecular weight excluding hydrogens is 820 g/mol. The summed E-state index contributed by atoms with van der Waals surface area (Å²) < 4.78 is 14.4. The molecule has 13 nitrogen and oxygen atoms in total. The second kappa shape index (κ2) is 19.8. The number of anilines is 1. The number of aliphatic hydroxyl groups excluding tert-OH is 1. The summed E-state index contributed by atoms with van der Waals surface area (Å²) in [7, 11) is 1.00. The third-order valence-electron chi connectivity index (χ3n) is 11.1. The maximum atomic E-state index is 12.7. The van der Waals surface area contributed by atoms with E-state index in [-0.39, 0.29) is 17.7 Å². The fourth-order valence-corrected chi connectivity index (χ4v) is 8.68. The molecule has 2 aromatic heterocycles. The number of hydrogen-bond donors (Lipinski definition) is 2. The molecule has 2 aliphatic heterocycles. The number of aliphatic hydroxyl groups is 1. The number of nitro groups is 1. The largest absolute Gasteiger partial charge is 0.443 e. The van der Waals surface area contributed by atoms with Crippen LogP contribution in [-0.4, -0.2) is 85.6 Å². The molecule has 14 heteroatoms. The number of nitro benzene ring substituents is 1. The number of nitrogens with zero attached hydrogens (tertiary/aromatic N) is 5. The number of carbonyl (C=O) groups excluding carboxylic acids is 2. The molecular formula is C49H59ClN6O7. The van der Waals surface area contributed by atoms with E-state index in [1.54, 1.807) is 21.3 Å². The van der Waals surface area contributed by atoms with Gasteiger partial charge in [0.15, 0.2) is 0 Å². The summed E-state index contributed by atoms with van der Waals surface area (Å²) in [6.45, 7) is 16.3. The van der Waals surface area contributed by atoms with Gasteiger partial charge in [-0.15, -0.1) is 0 Å². The van der Waals surface area contributed by atoms with Gasteiger partial charge in [-0.05, 0) is 132 Å². The standard InChI is InChI=1S/C24H26ClN3O4.C24H29N3O2.CH4O/c1-24(2,3)32-23(29)27-15-17(19-6-4-5-7-22(19)27)14-26-11-10-16(13-26)20-12-18(28(30)31)8-9-21(20)25;1-24(2,3)29-23(28)27-16-19(21-9-4-5-10-22(21)27)15-26-12-11-18(14-26)17-7-6-8-20(25)13-17;1-2/h4-9,12,15-16H,10-11,13-14H2,1-3H3;4-10,13,16,18H,11-12,14-15,25H2,1-3H3;2H,1H3. The van der Waals surface area contributed by atoms with Crippen molar-refractivity contribution in [2.75, 3.05) is 39.0 Å². The molecule has 4 aromatic carbocycles. The van der Waals surface area contributed by atoms with Crippen molar-refractivity contribution in [3.05, 3.63) is 141 Å². The lowest BCUT2D eigenvalue weighted by Crippen LogP contribution is -2.26. The average Bonchev–Trinajstić information content (AvgIpc) is 4.05. The number of para-hydroxylation sites is 2. The molecule has 0 saturated carbocycles. The van der Waals surface area contributed by atoms with E-state index in [1.807, 2.05) is 109 Å². The van der Waals surface area contributed by atoms with Crippen LogP contribution in [0.2, 0.25) is 5.02 Å². The molecule has 0 spiro atoms. The number of aromatic nitrogens is 2. The van der Waals surface area contributed by atoms with Crippen molar-refractivity contribution in [3.63, 3.8) is 0 Å². The molecule has 2 saturated heterocycles. The highest BCUT2D eigenvalue weighted by molar-refractivity contribution is 6.31. The third kappa shape index (κ3) is 11.7. The predicted molar refractivity (Wildman–Crippen MR) is 250 cm³/mol. The Kier molecular flexibility index (Phi) is 14.7. The second-order valence-electron chi connectivity index (χ2n) is 18.1. The van der Waals surface area contributed by atoms with Gasteiger partial charge >= 0.3 is 12.2 Å². The van der Waals surface area contributed by atoms with Crippen LogP contribution in [0.4, 0.5) is 21.0 Å². The van der Waals surface area contributed by atoms with E-state index in [2.05, 4.69) is 28.0 Å². The van der Waals surface area contributed by atoms with Gasteiger partial charge in [0.2, 0.25) is 0 Å². The molecule has 0 amide bonds. The number of hydrogen-bond acceptors (Lipinski definition) is 10. The van der Waals surface area contributed by atoms with Gasteiger partial charge in [-0.3, -0.25) is 29.0 Å². The van der Waals surface area contributed by atoms with Gasteiger partial charge in [-0.2, -0.15) is 0 Å². The Labute approximate surface area is 374 Å². The van der Waals surface area contributed by atoms with E-state index in [9.17, 15) is 19.7 Å². The first kappa shape index (κ1) is 46.8. The number of halogens is 1. The van der Waals surface area contributed by atoms with Crippen LogP contribution >= 0.6 is 11.6 Å². The quantitative estimate of drug-likeness (QED) is 0.0898. The lowest BCUT2D eigenvalue weighted by molar-refractivity contribution is -0.384. The molecule has 0 aliphatic carbocycles. The third-order valence-corrected chi connectivity index (χ3v) is 11.5. The van der Waals surface area contributed by atoms with E-state index >= 15 is 0 Å². The van der Waals surface area contributed by atoms with Crippen LogP contribution in [0.1, 0.15) is 88.5 Å². The molecule has 6 aromatic rings. The molecule has 3 N–H and O–H groups in total. The smallest absolute Gasteiger partial charge is 0.419 e. The Morgan fingerprint density at radius 1 is 0.730 bits per heavy atom. The SMILES string of the molecule is CC(C)(C)OC(=O)n1cc(CN2CCC(c3cc([N+](=O)[O-])ccc3Cl)C2)c2ccccc21.CC(C)(C)OC(=O)n1cc(CN2CCC(c3cccc(N)c3)C2)c2ccccc21.CO. The van der Waals surface area contributed by atoms with Crippen molar-refractivity contribution < 1.29 is 29.1 Å². The van der Waals surface area contributed by atoms with E-state index < -0.39 is 22.2 Å².